The van der Waals surface area contributed by atoms with Gasteiger partial charge in [0.1, 0.15) is 4.87 Å². The van der Waals surface area contributed by atoms with Crippen LogP contribution in [0.25, 0.3) is 0 Å². The number of halogens is 3. The Labute approximate surface area is 129 Å². The average Bonchev–Trinajstić information content (AvgIpc) is 2.47. The van der Waals surface area contributed by atoms with Gasteiger partial charge in [-0.3, -0.25) is 4.90 Å². The summed E-state index contributed by atoms with van der Waals surface area (Å²) in [4.78, 5) is 0.335. The summed E-state index contributed by atoms with van der Waals surface area (Å²) < 4.78 is 64.1. The van der Waals surface area contributed by atoms with Crippen LogP contribution in [0.3, 0.4) is 0 Å². The van der Waals surface area contributed by atoms with Crippen LogP contribution >= 0.6 is 0 Å². The summed E-state index contributed by atoms with van der Waals surface area (Å²) in [6, 6.07) is 3.98. The van der Waals surface area contributed by atoms with Crippen LogP contribution in [0.15, 0.2) is 29.2 Å². The molecule has 7 heteroatoms. The van der Waals surface area contributed by atoms with E-state index in [2.05, 4.69) is 0 Å². The van der Waals surface area contributed by atoms with Crippen molar-refractivity contribution in [2.24, 2.45) is 0 Å². The first-order valence-corrected chi connectivity index (χ1v) is 8.72. The highest BCUT2D eigenvalue weighted by atomic mass is 32.2. The Morgan fingerprint density at radius 2 is 1.64 bits per heavy atom. The van der Waals surface area contributed by atoms with Crippen molar-refractivity contribution in [2.75, 3.05) is 13.1 Å². The molecule has 0 N–H and O–H groups in total. The van der Waals surface area contributed by atoms with Crippen LogP contribution in [0, 0.1) is 0 Å². The smallest absolute Gasteiger partial charge is 0.285 e. The molecular formula is C15H20F3NO2S. The molecule has 1 heterocycles. The van der Waals surface area contributed by atoms with Crippen LogP contribution in [0.2, 0.25) is 0 Å². The second-order valence-corrected chi connectivity index (χ2v) is 8.50. The highest BCUT2D eigenvalue weighted by molar-refractivity contribution is 7.92. The van der Waals surface area contributed by atoms with Crippen molar-refractivity contribution in [3.8, 4) is 0 Å². The van der Waals surface area contributed by atoms with E-state index in [4.69, 9.17) is 0 Å². The molecule has 0 unspecified atom stereocenters. The maximum absolute atomic E-state index is 12.8. The lowest BCUT2D eigenvalue weighted by Gasteiger charge is -2.40. The minimum atomic E-state index is -4.55. The number of nitrogens with zero attached hydrogens (tertiary/aromatic N) is 1. The fourth-order valence-corrected chi connectivity index (χ4v) is 4.37. The molecule has 0 spiro atoms. The van der Waals surface area contributed by atoms with E-state index in [0.29, 0.717) is 13.1 Å². The molecule has 0 amide bonds. The van der Waals surface area contributed by atoms with Gasteiger partial charge < -0.3 is 0 Å². The predicted molar refractivity (Wildman–Crippen MR) is 78.1 cm³/mol. The highest BCUT2D eigenvalue weighted by Gasteiger charge is 2.42. The molecule has 1 fully saturated rings. The zero-order chi connectivity index (χ0) is 16.6. The van der Waals surface area contributed by atoms with Gasteiger partial charge in [-0.15, -0.1) is 0 Å². The molecule has 0 radical (unpaired) electrons. The maximum Gasteiger partial charge on any atom is 0.416 e. The van der Waals surface area contributed by atoms with Gasteiger partial charge in [-0.05, 0) is 58.0 Å². The summed E-state index contributed by atoms with van der Waals surface area (Å²) in [6.07, 6.45) is -1.69. The fourth-order valence-electron chi connectivity index (χ4n) is 2.73. The van der Waals surface area contributed by atoms with Crippen molar-refractivity contribution in [1.29, 1.82) is 0 Å². The number of hydrogen-bond donors (Lipinski definition) is 0. The SMILES string of the molecule is CC(C)(N1CCCCC1)S(=O)(=O)c1cccc(C(F)(F)F)c1. The normalized spacial score (nSPS) is 18.4. The van der Waals surface area contributed by atoms with Gasteiger partial charge in [-0.1, -0.05) is 12.5 Å². The minimum absolute atomic E-state index is 0.280. The lowest BCUT2D eigenvalue weighted by Crippen LogP contribution is -2.51. The van der Waals surface area contributed by atoms with E-state index in [9.17, 15) is 21.6 Å². The summed E-state index contributed by atoms with van der Waals surface area (Å²) in [5.74, 6) is 0. The molecule has 1 saturated heterocycles. The molecule has 1 aliphatic rings. The van der Waals surface area contributed by atoms with Crippen LogP contribution in [0.5, 0.6) is 0 Å². The van der Waals surface area contributed by atoms with Crippen molar-refractivity contribution in [3.05, 3.63) is 29.8 Å². The lowest BCUT2D eigenvalue weighted by atomic mass is 10.1. The zero-order valence-electron chi connectivity index (χ0n) is 12.7. The third-order valence-corrected chi connectivity index (χ3v) is 6.69. The highest BCUT2D eigenvalue weighted by Crippen LogP contribution is 2.35. The first kappa shape index (κ1) is 17.3. The van der Waals surface area contributed by atoms with E-state index in [1.807, 2.05) is 4.90 Å². The van der Waals surface area contributed by atoms with Gasteiger partial charge in [0.2, 0.25) is 0 Å². The summed E-state index contributed by atoms with van der Waals surface area (Å²) >= 11 is 0. The van der Waals surface area contributed by atoms with Crippen molar-refractivity contribution in [2.45, 2.75) is 49.1 Å². The summed E-state index contributed by atoms with van der Waals surface area (Å²) in [5.41, 5.74) is -0.942. The molecule has 1 aromatic carbocycles. The van der Waals surface area contributed by atoms with E-state index >= 15 is 0 Å². The summed E-state index contributed by atoms with van der Waals surface area (Å²) in [6.45, 7) is 4.41. The van der Waals surface area contributed by atoms with Gasteiger partial charge in [0.05, 0.1) is 10.5 Å². The molecule has 0 saturated carbocycles. The number of sulfone groups is 1. The van der Waals surface area contributed by atoms with Crippen LogP contribution < -0.4 is 0 Å². The number of likely N-dealkylation sites (tertiary alicyclic amines) is 1. The van der Waals surface area contributed by atoms with Gasteiger partial charge in [-0.25, -0.2) is 8.42 Å². The monoisotopic (exact) mass is 335 g/mol. The third-order valence-electron chi connectivity index (χ3n) is 4.25. The molecule has 0 aliphatic carbocycles. The molecule has 1 aromatic rings. The molecule has 22 heavy (non-hydrogen) atoms. The Kier molecular flexibility index (Phi) is 4.59. The standard InChI is InChI=1S/C15H20F3NO2S/c1-14(2,19-9-4-3-5-10-19)22(20,21)13-8-6-7-12(11-13)15(16,17)18/h6-8,11H,3-5,9-10H2,1-2H3. The second kappa shape index (κ2) is 5.85. The first-order chi connectivity index (χ1) is 10.1. The lowest BCUT2D eigenvalue weighted by molar-refractivity contribution is -0.137. The number of alkyl halides is 3. The molecule has 0 aromatic heterocycles. The van der Waals surface area contributed by atoms with E-state index in [-0.39, 0.29) is 4.90 Å². The van der Waals surface area contributed by atoms with Crippen molar-refractivity contribution >= 4 is 9.84 Å². The molecular weight excluding hydrogens is 315 g/mol. The molecule has 3 nitrogen and oxygen atoms in total. The molecule has 0 bridgehead atoms. The average molecular weight is 335 g/mol. The molecule has 1 aliphatic heterocycles. The number of hydrogen-bond acceptors (Lipinski definition) is 3. The molecule has 124 valence electrons. The van der Waals surface area contributed by atoms with E-state index in [0.717, 1.165) is 37.5 Å². The first-order valence-electron chi connectivity index (χ1n) is 7.24. The van der Waals surface area contributed by atoms with Gasteiger partial charge in [0, 0.05) is 0 Å². The van der Waals surface area contributed by atoms with Crippen LogP contribution in [0.4, 0.5) is 13.2 Å². The number of rotatable bonds is 3. The quantitative estimate of drug-likeness (QED) is 0.845. The maximum atomic E-state index is 12.8. The van der Waals surface area contributed by atoms with Crippen molar-refractivity contribution in [1.82, 2.24) is 4.90 Å². The Morgan fingerprint density at radius 3 is 2.18 bits per heavy atom. The van der Waals surface area contributed by atoms with Crippen molar-refractivity contribution in [3.63, 3.8) is 0 Å². The summed E-state index contributed by atoms with van der Waals surface area (Å²) in [5, 5.41) is 0. The number of benzene rings is 1. The predicted octanol–water partition coefficient (Wildman–Crippen LogP) is 3.70. The van der Waals surface area contributed by atoms with E-state index in [1.54, 1.807) is 13.8 Å². The van der Waals surface area contributed by atoms with Gasteiger partial charge in [-0.2, -0.15) is 13.2 Å². The Balaban J connectivity index is 2.41. The van der Waals surface area contributed by atoms with Gasteiger partial charge >= 0.3 is 6.18 Å². The van der Waals surface area contributed by atoms with Crippen LogP contribution in [0.1, 0.15) is 38.7 Å². The Bertz CT molecular complexity index is 632. The summed E-state index contributed by atoms with van der Waals surface area (Å²) in [7, 11) is -3.90. The van der Waals surface area contributed by atoms with Gasteiger partial charge in [0.15, 0.2) is 9.84 Å². The van der Waals surface area contributed by atoms with Crippen molar-refractivity contribution < 1.29 is 21.6 Å². The van der Waals surface area contributed by atoms with E-state index in [1.165, 1.54) is 6.07 Å². The largest absolute Gasteiger partial charge is 0.416 e. The third kappa shape index (κ3) is 3.15. The Hall–Kier alpha value is -1.08. The minimum Gasteiger partial charge on any atom is -0.285 e. The molecule has 2 rings (SSSR count). The topological polar surface area (TPSA) is 37.4 Å². The van der Waals surface area contributed by atoms with Crippen LogP contribution in [-0.2, 0) is 16.0 Å². The van der Waals surface area contributed by atoms with Gasteiger partial charge in [0.25, 0.3) is 0 Å². The van der Waals surface area contributed by atoms with E-state index < -0.39 is 26.4 Å². The number of piperidine rings is 1. The second-order valence-electron chi connectivity index (χ2n) is 6.02. The fraction of sp³-hybridized carbons (Fsp3) is 0.600. The Morgan fingerprint density at radius 1 is 1.05 bits per heavy atom. The molecule has 0 atom stereocenters. The van der Waals surface area contributed by atoms with Crippen LogP contribution in [-0.4, -0.2) is 31.3 Å². The zero-order valence-corrected chi connectivity index (χ0v) is 13.5.